The maximum absolute atomic E-state index is 12.5. The summed E-state index contributed by atoms with van der Waals surface area (Å²) in [6.07, 6.45) is 0.621. The van der Waals surface area contributed by atoms with E-state index >= 15 is 0 Å². The quantitative estimate of drug-likeness (QED) is 0.301. The van der Waals surface area contributed by atoms with Crippen molar-refractivity contribution in [1.82, 2.24) is 0 Å². The minimum absolute atomic E-state index is 0.148. The van der Waals surface area contributed by atoms with E-state index in [9.17, 15) is 9.36 Å². The van der Waals surface area contributed by atoms with Crippen molar-refractivity contribution in [1.29, 1.82) is 0 Å². The molecule has 0 aliphatic heterocycles. The Morgan fingerprint density at radius 1 is 1.24 bits per heavy atom. The first-order valence-corrected chi connectivity index (χ1v) is 10.3. The first-order valence-electron chi connectivity index (χ1n) is 8.29. The normalized spacial score (nSPS) is 12.7. The molecule has 142 valence electrons. The van der Waals surface area contributed by atoms with E-state index in [-0.39, 0.29) is 19.6 Å². The molecule has 0 radical (unpaired) electrons. The highest BCUT2D eigenvalue weighted by molar-refractivity contribution is 7.54. The lowest BCUT2D eigenvalue weighted by Crippen LogP contribution is -2.18. The third-order valence-corrected chi connectivity index (χ3v) is 5.75. The first kappa shape index (κ1) is 22.0. The van der Waals surface area contributed by atoms with Crippen molar-refractivity contribution < 1.29 is 27.9 Å². The Kier molecular flexibility index (Phi) is 9.51. The fourth-order valence-electron chi connectivity index (χ4n) is 2.09. The Bertz CT molecular complexity index is 597. The van der Waals surface area contributed by atoms with Crippen LogP contribution in [0.15, 0.2) is 18.2 Å². The molecule has 1 atom stereocenters. The molecule has 0 bridgehead atoms. The number of carbonyl (C=O) groups is 1. The van der Waals surface area contributed by atoms with Crippen molar-refractivity contribution in [3.05, 3.63) is 28.8 Å². The largest absolute Gasteiger partial charge is 0.493 e. The van der Waals surface area contributed by atoms with Crippen LogP contribution in [-0.2, 0) is 23.1 Å². The molecule has 0 fully saturated rings. The smallest absolute Gasteiger partial charge is 0.370 e. The summed E-state index contributed by atoms with van der Waals surface area (Å²) in [5, 5.41) is 0.649. The fourth-order valence-corrected chi connectivity index (χ4v) is 3.78. The van der Waals surface area contributed by atoms with Gasteiger partial charge in [-0.2, -0.15) is 0 Å². The predicted molar refractivity (Wildman–Crippen MR) is 97.3 cm³/mol. The van der Waals surface area contributed by atoms with E-state index in [1.807, 2.05) is 13.0 Å². The molecule has 1 rings (SSSR count). The van der Waals surface area contributed by atoms with Gasteiger partial charge in [-0.3, -0.25) is 9.36 Å². The second-order valence-electron chi connectivity index (χ2n) is 5.33. The van der Waals surface area contributed by atoms with Crippen LogP contribution in [0.3, 0.4) is 0 Å². The van der Waals surface area contributed by atoms with Crippen LogP contribution < -0.4 is 4.74 Å². The van der Waals surface area contributed by atoms with Gasteiger partial charge in [0.2, 0.25) is 0 Å². The van der Waals surface area contributed by atoms with Crippen LogP contribution in [-0.4, -0.2) is 31.6 Å². The number of ether oxygens (including phenoxy) is 2. The van der Waals surface area contributed by atoms with Crippen LogP contribution in [0, 0.1) is 6.92 Å². The maximum atomic E-state index is 12.5. The Morgan fingerprint density at radius 2 is 1.88 bits per heavy atom. The number of benzene rings is 1. The van der Waals surface area contributed by atoms with Gasteiger partial charge >= 0.3 is 13.6 Å². The van der Waals surface area contributed by atoms with Crippen molar-refractivity contribution in [2.45, 2.75) is 46.4 Å². The van der Waals surface area contributed by atoms with E-state index < -0.39 is 19.4 Å². The molecule has 0 aliphatic carbocycles. The summed E-state index contributed by atoms with van der Waals surface area (Å²) in [6.45, 7) is 7.61. The zero-order valence-corrected chi connectivity index (χ0v) is 16.8. The molecule has 1 unspecified atom stereocenters. The van der Waals surface area contributed by atoms with Crippen LogP contribution in [0.4, 0.5) is 0 Å². The molecule has 0 saturated carbocycles. The monoisotopic (exact) mass is 392 g/mol. The lowest BCUT2D eigenvalue weighted by molar-refractivity contribution is -0.146. The van der Waals surface area contributed by atoms with Crippen molar-refractivity contribution in [3.63, 3.8) is 0 Å². The van der Waals surface area contributed by atoms with E-state index in [2.05, 4.69) is 0 Å². The molecule has 6 nitrogen and oxygen atoms in total. The Labute approximate surface area is 154 Å². The highest BCUT2D eigenvalue weighted by Crippen LogP contribution is 2.53. The summed E-state index contributed by atoms with van der Waals surface area (Å²) in [7, 11) is -3.45. The van der Waals surface area contributed by atoms with Crippen LogP contribution in [0.25, 0.3) is 0 Å². The van der Waals surface area contributed by atoms with Gasteiger partial charge in [-0.25, -0.2) is 0 Å². The minimum Gasteiger partial charge on any atom is -0.493 e. The number of carbonyl (C=O) groups excluding carboxylic acids is 1. The number of aryl methyl sites for hydroxylation is 1. The summed E-state index contributed by atoms with van der Waals surface area (Å²) in [5.41, 5.74) is 0.929. The lowest BCUT2D eigenvalue weighted by Gasteiger charge is -2.23. The predicted octanol–water partition coefficient (Wildman–Crippen LogP) is 4.96. The molecular formula is C17H26ClO6P. The van der Waals surface area contributed by atoms with Crippen LogP contribution in [0.1, 0.15) is 39.2 Å². The Hall–Kier alpha value is -1.07. The number of esters is 1. The molecular weight excluding hydrogens is 367 g/mol. The number of hydrogen-bond acceptors (Lipinski definition) is 6. The molecule has 0 spiro atoms. The summed E-state index contributed by atoms with van der Waals surface area (Å²) in [4.78, 5) is 11.9. The van der Waals surface area contributed by atoms with Crippen molar-refractivity contribution in [2.24, 2.45) is 0 Å². The third-order valence-electron chi connectivity index (χ3n) is 3.29. The van der Waals surface area contributed by atoms with E-state index in [4.69, 9.17) is 30.1 Å². The van der Waals surface area contributed by atoms with Crippen molar-refractivity contribution in [2.75, 3.05) is 19.8 Å². The van der Waals surface area contributed by atoms with Gasteiger partial charge in [0.15, 0.2) is 5.85 Å². The number of halogens is 1. The molecule has 0 amide bonds. The van der Waals surface area contributed by atoms with Gasteiger partial charge in [-0.15, -0.1) is 0 Å². The molecule has 25 heavy (non-hydrogen) atoms. The zero-order valence-electron chi connectivity index (χ0n) is 15.1. The highest BCUT2D eigenvalue weighted by Gasteiger charge is 2.34. The molecule has 1 aromatic carbocycles. The summed E-state index contributed by atoms with van der Waals surface area (Å²) < 4.78 is 33.6. The molecule has 0 aromatic heterocycles. The minimum atomic E-state index is -3.45. The van der Waals surface area contributed by atoms with E-state index in [1.165, 1.54) is 6.92 Å². The number of hydrogen-bond donors (Lipinski definition) is 0. The van der Waals surface area contributed by atoms with Gasteiger partial charge in [0, 0.05) is 11.4 Å². The van der Waals surface area contributed by atoms with Gasteiger partial charge in [0.05, 0.1) is 19.8 Å². The van der Waals surface area contributed by atoms with Crippen molar-refractivity contribution >= 4 is 25.2 Å². The van der Waals surface area contributed by atoms with Gasteiger partial charge in [-0.1, -0.05) is 11.6 Å². The molecule has 0 N–H and O–H groups in total. The third kappa shape index (κ3) is 7.37. The average molecular weight is 393 g/mol. The topological polar surface area (TPSA) is 71.1 Å². The van der Waals surface area contributed by atoms with Gasteiger partial charge in [0.25, 0.3) is 0 Å². The Morgan fingerprint density at radius 3 is 2.44 bits per heavy atom. The van der Waals surface area contributed by atoms with E-state index in [0.29, 0.717) is 18.1 Å². The second kappa shape index (κ2) is 10.8. The Balaban J connectivity index is 2.40. The van der Waals surface area contributed by atoms with Gasteiger partial charge in [0.1, 0.15) is 5.75 Å². The molecule has 0 heterocycles. The van der Waals surface area contributed by atoms with Gasteiger partial charge < -0.3 is 18.5 Å². The summed E-state index contributed by atoms with van der Waals surface area (Å²) in [6, 6.07) is 5.35. The maximum Gasteiger partial charge on any atom is 0.370 e. The van der Waals surface area contributed by atoms with Gasteiger partial charge in [-0.05, 0) is 57.9 Å². The van der Waals surface area contributed by atoms with Crippen molar-refractivity contribution in [3.8, 4) is 5.75 Å². The van der Waals surface area contributed by atoms with Crippen LogP contribution in [0.5, 0.6) is 5.75 Å². The second-order valence-corrected chi connectivity index (χ2v) is 8.09. The molecule has 0 aliphatic rings. The standard InChI is InChI=1S/C17H26ClO6P/c1-5-22-25(20,23-6-2)14(4)24-17(19)8-7-11-21-16-10-9-15(18)12-13(16)3/h9-10,12,14H,5-8,11H2,1-4H3. The van der Waals surface area contributed by atoms with E-state index in [0.717, 1.165) is 11.3 Å². The average Bonchev–Trinajstić information content (AvgIpc) is 2.53. The fraction of sp³-hybridized carbons (Fsp3) is 0.588. The van der Waals surface area contributed by atoms with E-state index in [1.54, 1.807) is 26.0 Å². The first-order chi connectivity index (χ1) is 11.8. The van der Waals surface area contributed by atoms with Crippen LogP contribution in [0.2, 0.25) is 5.02 Å². The molecule has 1 aromatic rings. The zero-order chi connectivity index (χ0) is 18.9. The van der Waals surface area contributed by atoms with Crippen LogP contribution >= 0.6 is 19.2 Å². The lowest BCUT2D eigenvalue weighted by atomic mass is 10.2. The highest BCUT2D eigenvalue weighted by atomic mass is 35.5. The number of rotatable bonds is 11. The summed E-state index contributed by atoms with van der Waals surface area (Å²) >= 11 is 5.89. The SMILES string of the molecule is CCOP(=O)(OCC)C(C)OC(=O)CCCOc1ccc(Cl)cc1C. The summed E-state index contributed by atoms with van der Waals surface area (Å²) in [5.74, 6) is -0.689. The molecule has 8 heteroatoms. The molecule has 0 saturated heterocycles.